The summed E-state index contributed by atoms with van der Waals surface area (Å²) < 4.78 is 0. The Morgan fingerprint density at radius 1 is 1.20 bits per heavy atom. The zero-order valence-electron chi connectivity index (χ0n) is 9.22. The van der Waals surface area contributed by atoms with Gasteiger partial charge < -0.3 is 5.32 Å². The van der Waals surface area contributed by atoms with Crippen molar-refractivity contribution < 1.29 is 0 Å². The molecule has 82 valence electrons. The van der Waals surface area contributed by atoms with Crippen molar-refractivity contribution in [3.63, 3.8) is 0 Å². The van der Waals surface area contributed by atoms with E-state index in [-0.39, 0.29) is 0 Å². The van der Waals surface area contributed by atoms with Crippen molar-refractivity contribution in [2.24, 2.45) is 0 Å². The molecule has 2 rings (SSSR count). The van der Waals surface area contributed by atoms with E-state index < -0.39 is 0 Å². The molecule has 1 aromatic carbocycles. The average molecular weight is 224 g/mol. The largest absolute Gasteiger partial charge is 0.382 e. The molecule has 1 aromatic rings. The second kappa shape index (κ2) is 4.89. The van der Waals surface area contributed by atoms with Gasteiger partial charge in [-0.1, -0.05) is 36.9 Å². The number of anilines is 1. The number of nitrogens with one attached hydrogen (secondary N) is 1. The number of halogens is 1. The fourth-order valence-electron chi connectivity index (χ4n) is 2.23. The van der Waals surface area contributed by atoms with Crippen molar-refractivity contribution >= 4 is 17.3 Å². The SMILES string of the molecule is Cc1c(Cl)cccc1NC1CCCCC1. The van der Waals surface area contributed by atoms with Crippen LogP contribution in [-0.2, 0) is 0 Å². The lowest BCUT2D eigenvalue weighted by atomic mass is 9.95. The van der Waals surface area contributed by atoms with E-state index in [0.717, 1.165) is 5.02 Å². The van der Waals surface area contributed by atoms with Gasteiger partial charge in [0.2, 0.25) is 0 Å². The number of hydrogen-bond acceptors (Lipinski definition) is 1. The Balaban J connectivity index is 2.06. The predicted molar refractivity (Wildman–Crippen MR) is 66.7 cm³/mol. The highest BCUT2D eigenvalue weighted by atomic mass is 35.5. The Labute approximate surface area is 96.8 Å². The summed E-state index contributed by atoms with van der Waals surface area (Å²) >= 11 is 6.09. The fourth-order valence-corrected chi connectivity index (χ4v) is 2.41. The molecule has 0 heterocycles. The molecule has 15 heavy (non-hydrogen) atoms. The highest BCUT2D eigenvalue weighted by Crippen LogP contribution is 2.27. The standard InChI is InChI=1S/C13H18ClN/c1-10-12(14)8-5-9-13(10)15-11-6-3-2-4-7-11/h5,8-9,11,15H,2-4,6-7H2,1H3. The first kappa shape index (κ1) is 10.8. The summed E-state index contributed by atoms with van der Waals surface area (Å²) in [5.74, 6) is 0. The van der Waals surface area contributed by atoms with Crippen LogP contribution in [0.15, 0.2) is 18.2 Å². The fraction of sp³-hybridized carbons (Fsp3) is 0.538. The lowest BCUT2D eigenvalue weighted by Gasteiger charge is -2.24. The number of hydrogen-bond donors (Lipinski definition) is 1. The van der Waals surface area contributed by atoms with Crippen LogP contribution in [0.3, 0.4) is 0 Å². The van der Waals surface area contributed by atoms with Gasteiger partial charge in [0, 0.05) is 16.8 Å². The van der Waals surface area contributed by atoms with Crippen LogP contribution in [0.1, 0.15) is 37.7 Å². The highest BCUT2D eigenvalue weighted by Gasteiger charge is 2.13. The van der Waals surface area contributed by atoms with E-state index in [0.29, 0.717) is 6.04 Å². The van der Waals surface area contributed by atoms with Crippen LogP contribution in [0.2, 0.25) is 5.02 Å². The topological polar surface area (TPSA) is 12.0 Å². The second-order valence-electron chi connectivity index (χ2n) is 4.39. The maximum Gasteiger partial charge on any atom is 0.0455 e. The van der Waals surface area contributed by atoms with Crippen molar-refractivity contribution in [1.82, 2.24) is 0 Å². The first-order valence-corrected chi connectivity index (χ1v) is 6.17. The summed E-state index contributed by atoms with van der Waals surface area (Å²) in [6.45, 7) is 2.08. The molecule has 1 fully saturated rings. The van der Waals surface area contributed by atoms with Crippen LogP contribution >= 0.6 is 11.6 Å². The minimum absolute atomic E-state index is 0.649. The molecule has 1 N–H and O–H groups in total. The van der Waals surface area contributed by atoms with Gasteiger partial charge in [0.15, 0.2) is 0 Å². The molecule has 1 saturated carbocycles. The molecule has 1 nitrogen and oxygen atoms in total. The van der Waals surface area contributed by atoms with E-state index in [2.05, 4.69) is 18.3 Å². The van der Waals surface area contributed by atoms with Crippen LogP contribution < -0.4 is 5.32 Å². The van der Waals surface area contributed by atoms with Gasteiger partial charge in [0.25, 0.3) is 0 Å². The van der Waals surface area contributed by atoms with Crippen LogP contribution in [0.5, 0.6) is 0 Å². The lowest BCUT2D eigenvalue weighted by Crippen LogP contribution is -2.22. The molecule has 0 saturated heterocycles. The summed E-state index contributed by atoms with van der Waals surface area (Å²) in [4.78, 5) is 0. The molecule has 0 aromatic heterocycles. The Hall–Kier alpha value is -0.690. The second-order valence-corrected chi connectivity index (χ2v) is 4.80. The Kier molecular flexibility index (Phi) is 3.53. The van der Waals surface area contributed by atoms with E-state index in [1.165, 1.54) is 43.4 Å². The molecule has 1 aliphatic rings. The van der Waals surface area contributed by atoms with E-state index in [1.807, 2.05) is 12.1 Å². The van der Waals surface area contributed by atoms with Crippen molar-refractivity contribution in [1.29, 1.82) is 0 Å². The van der Waals surface area contributed by atoms with E-state index in [4.69, 9.17) is 11.6 Å². The summed E-state index contributed by atoms with van der Waals surface area (Å²) in [5, 5.41) is 4.46. The zero-order chi connectivity index (χ0) is 10.7. The Bertz CT molecular complexity index is 329. The van der Waals surface area contributed by atoms with Crippen LogP contribution in [0, 0.1) is 6.92 Å². The average Bonchev–Trinajstić information content (AvgIpc) is 2.26. The predicted octanol–water partition coefficient (Wildman–Crippen LogP) is 4.39. The maximum atomic E-state index is 6.09. The quantitative estimate of drug-likeness (QED) is 0.784. The first-order chi connectivity index (χ1) is 7.27. The molecule has 0 unspecified atom stereocenters. The minimum atomic E-state index is 0.649. The van der Waals surface area contributed by atoms with Gasteiger partial charge in [0.05, 0.1) is 0 Å². The van der Waals surface area contributed by atoms with E-state index >= 15 is 0 Å². The monoisotopic (exact) mass is 223 g/mol. The highest BCUT2D eigenvalue weighted by molar-refractivity contribution is 6.31. The molecule has 0 spiro atoms. The minimum Gasteiger partial charge on any atom is -0.382 e. The zero-order valence-corrected chi connectivity index (χ0v) is 9.98. The Morgan fingerprint density at radius 3 is 2.67 bits per heavy atom. The summed E-state index contributed by atoms with van der Waals surface area (Å²) in [6, 6.07) is 6.73. The van der Waals surface area contributed by atoms with Gasteiger partial charge in [-0.25, -0.2) is 0 Å². The molecular formula is C13H18ClN. The van der Waals surface area contributed by atoms with Crippen molar-refractivity contribution in [3.05, 3.63) is 28.8 Å². The van der Waals surface area contributed by atoms with Crippen molar-refractivity contribution in [2.45, 2.75) is 45.1 Å². The number of benzene rings is 1. The van der Waals surface area contributed by atoms with Gasteiger partial charge in [-0.2, -0.15) is 0 Å². The van der Waals surface area contributed by atoms with E-state index in [1.54, 1.807) is 0 Å². The summed E-state index contributed by atoms with van der Waals surface area (Å²) in [7, 11) is 0. The molecule has 2 heteroatoms. The maximum absolute atomic E-state index is 6.09. The third-order valence-corrected chi connectivity index (χ3v) is 3.64. The first-order valence-electron chi connectivity index (χ1n) is 5.79. The molecule has 0 bridgehead atoms. The molecule has 0 radical (unpaired) electrons. The molecule has 0 aliphatic heterocycles. The molecule has 1 aliphatic carbocycles. The van der Waals surface area contributed by atoms with Gasteiger partial charge in [-0.3, -0.25) is 0 Å². The van der Waals surface area contributed by atoms with Crippen LogP contribution in [-0.4, -0.2) is 6.04 Å². The number of rotatable bonds is 2. The molecule has 0 atom stereocenters. The normalized spacial score (nSPS) is 17.7. The molecule has 0 amide bonds. The smallest absolute Gasteiger partial charge is 0.0455 e. The van der Waals surface area contributed by atoms with Gasteiger partial charge in [-0.15, -0.1) is 0 Å². The lowest BCUT2D eigenvalue weighted by molar-refractivity contribution is 0.462. The summed E-state index contributed by atoms with van der Waals surface area (Å²) in [6.07, 6.45) is 6.71. The summed E-state index contributed by atoms with van der Waals surface area (Å²) in [5.41, 5.74) is 2.37. The van der Waals surface area contributed by atoms with Crippen molar-refractivity contribution in [3.8, 4) is 0 Å². The van der Waals surface area contributed by atoms with E-state index in [9.17, 15) is 0 Å². The molecular weight excluding hydrogens is 206 g/mol. The van der Waals surface area contributed by atoms with Gasteiger partial charge in [-0.05, 0) is 37.5 Å². The van der Waals surface area contributed by atoms with Gasteiger partial charge in [0.1, 0.15) is 0 Å². The van der Waals surface area contributed by atoms with Gasteiger partial charge >= 0.3 is 0 Å². The third-order valence-electron chi connectivity index (χ3n) is 3.23. The van der Waals surface area contributed by atoms with Crippen molar-refractivity contribution in [2.75, 3.05) is 5.32 Å². The third kappa shape index (κ3) is 2.66. The van der Waals surface area contributed by atoms with Crippen LogP contribution in [0.4, 0.5) is 5.69 Å². The Morgan fingerprint density at radius 2 is 1.93 bits per heavy atom. The van der Waals surface area contributed by atoms with Crippen LogP contribution in [0.25, 0.3) is 0 Å².